The smallest absolute Gasteiger partial charge is 0.271 e. The predicted octanol–water partition coefficient (Wildman–Crippen LogP) is 3.27. The highest BCUT2D eigenvalue weighted by Crippen LogP contribution is 2.29. The number of aromatic nitrogens is 1. The Kier molecular flexibility index (Phi) is 4.15. The summed E-state index contributed by atoms with van der Waals surface area (Å²) in [6.07, 6.45) is 1.99. The van der Waals surface area contributed by atoms with Crippen LogP contribution in [0.2, 0.25) is 0 Å². The molecule has 0 saturated carbocycles. The molecule has 0 radical (unpaired) electrons. The number of fused-ring (bicyclic) bond motifs is 1. The van der Waals surface area contributed by atoms with Crippen LogP contribution in [0.3, 0.4) is 0 Å². The average Bonchev–Trinajstić information content (AvgIpc) is 3.02. The van der Waals surface area contributed by atoms with E-state index in [1.54, 1.807) is 0 Å². The van der Waals surface area contributed by atoms with E-state index in [0.717, 1.165) is 16.5 Å². The van der Waals surface area contributed by atoms with Crippen molar-refractivity contribution in [3.05, 3.63) is 64.3 Å². The van der Waals surface area contributed by atoms with Crippen molar-refractivity contribution < 1.29 is 14.5 Å². The van der Waals surface area contributed by atoms with Crippen LogP contribution in [-0.4, -0.2) is 22.9 Å². The number of nitrogens with zero attached hydrogens (tertiary/aromatic N) is 1. The second-order valence-electron chi connectivity index (χ2n) is 5.27. The number of non-ortho nitro benzene ring substituents is 1. The molecule has 0 aliphatic carbocycles. The SMILES string of the molecule is COc1ccc([N+](=O)[O-])cc1NC(=O)Cc1ccc2cc[nH]c2c1. The van der Waals surface area contributed by atoms with E-state index in [0.29, 0.717) is 5.75 Å². The first-order valence-corrected chi connectivity index (χ1v) is 7.25. The molecule has 1 aromatic heterocycles. The highest BCUT2D eigenvalue weighted by atomic mass is 16.6. The van der Waals surface area contributed by atoms with Crippen LogP contribution in [0.4, 0.5) is 11.4 Å². The van der Waals surface area contributed by atoms with Crippen molar-refractivity contribution in [1.82, 2.24) is 4.98 Å². The molecule has 0 atom stereocenters. The molecule has 122 valence electrons. The van der Waals surface area contributed by atoms with Crippen molar-refractivity contribution in [3.63, 3.8) is 0 Å². The van der Waals surface area contributed by atoms with Crippen molar-refractivity contribution in [2.45, 2.75) is 6.42 Å². The number of aromatic amines is 1. The molecule has 0 fully saturated rings. The van der Waals surface area contributed by atoms with Crippen molar-refractivity contribution in [3.8, 4) is 5.75 Å². The Bertz CT molecular complexity index is 917. The molecule has 2 N–H and O–H groups in total. The van der Waals surface area contributed by atoms with E-state index in [9.17, 15) is 14.9 Å². The number of carbonyl (C=O) groups excluding carboxylic acids is 1. The molecule has 0 saturated heterocycles. The fourth-order valence-corrected chi connectivity index (χ4v) is 2.49. The highest BCUT2D eigenvalue weighted by molar-refractivity contribution is 5.94. The van der Waals surface area contributed by atoms with Crippen LogP contribution < -0.4 is 10.1 Å². The maximum atomic E-state index is 12.3. The number of carbonyl (C=O) groups is 1. The molecule has 0 aliphatic rings. The molecule has 7 heteroatoms. The van der Waals surface area contributed by atoms with Gasteiger partial charge in [0, 0.05) is 23.8 Å². The minimum atomic E-state index is -0.520. The maximum absolute atomic E-state index is 12.3. The summed E-state index contributed by atoms with van der Waals surface area (Å²) in [5.74, 6) is 0.0912. The zero-order chi connectivity index (χ0) is 17.1. The number of nitro benzene ring substituents is 1. The number of nitro groups is 1. The van der Waals surface area contributed by atoms with E-state index in [4.69, 9.17) is 4.74 Å². The summed E-state index contributed by atoms with van der Waals surface area (Å²) >= 11 is 0. The zero-order valence-corrected chi connectivity index (χ0v) is 12.9. The van der Waals surface area contributed by atoms with Gasteiger partial charge < -0.3 is 15.0 Å². The molecule has 0 bridgehead atoms. The summed E-state index contributed by atoms with van der Waals surface area (Å²) in [6, 6.07) is 11.7. The van der Waals surface area contributed by atoms with Crippen molar-refractivity contribution in [2.75, 3.05) is 12.4 Å². The summed E-state index contributed by atoms with van der Waals surface area (Å²) in [4.78, 5) is 25.7. The monoisotopic (exact) mass is 325 g/mol. The largest absolute Gasteiger partial charge is 0.495 e. The van der Waals surface area contributed by atoms with E-state index in [-0.39, 0.29) is 23.7 Å². The number of amides is 1. The number of hydrogen-bond acceptors (Lipinski definition) is 4. The molecule has 3 aromatic rings. The van der Waals surface area contributed by atoms with Crippen LogP contribution in [0.5, 0.6) is 5.75 Å². The summed E-state index contributed by atoms with van der Waals surface area (Å²) in [5, 5.41) is 14.6. The van der Waals surface area contributed by atoms with Crippen LogP contribution >= 0.6 is 0 Å². The van der Waals surface area contributed by atoms with Gasteiger partial charge in [-0.15, -0.1) is 0 Å². The van der Waals surface area contributed by atoms with Crippen LogP contribution in [-0.2, 0) is 11.2 Å². The Labute approximate surface area is 137 Å². The number of rotatable bonds is 5. The van der Waals surface area contributed by atoms with E-state index in [1.807, 2.05) is 30.5 Å². The Morgan fingerprint density at radius 2 is 2.08 bits per heavy atom. The van der Waals surface area contributed by atoms with Gasteiger partial charge >= 0.3 is 0 Å². The first-order chi connectivity index (χ1) is 11.6. The third-order valence-electron chi connectivity index (χ3n) is 3.65. The van der Waals surface area contributed by atoms with E-state index < -0.39 is 4.92 Å². The number of nitrogens with one attached hydrogen (secondary N) is 2. The van der Waals surface area contributed by atoms with E-state index >= 15 is 0 Å². The number of H-pyrrole nitrogens is 1. The second-order valence-corrected chi connectivity index (χ2v) is 5.27. The minimum absolute atomic E-state index is 0.112. The van der Waals surface area contributed by atoms with Gasteiger partial charge in [-0.05, 0) is 29.1 Å². The Hall–Kier alpha value is -3.35. The molecule has 1 heterocycles. The van der Waals surface area contributed by atoms with Crippen LogP contribution in [0.15, 0.2) is 48.7 Å². The molecule has 0 unspecified atom stereocenters. The number of hydrogen-bond donors (Lipinski definition) is 2. The molecule has 1 amide bonds. The topological polar surface area (TPSA) is 97.3 Å². The second kappa shape index (κ2) is 6.41. The summed E-state index contributed by atoms with van der Waals surface area (Å²) < 4.78 is 5.14. The van der Waals surface area contributed by atoms with E-state index in [1.165, 1.54) is 25.3 Å². The lowest BCUT2D eigenvalue weighted by atomic mass is 10.1. The first kappa shape index (κ1) is 15.5. The molecule has 24 heavy (non-hydrogen) atoms. The molecule has 0 aliphatic heterocycles. The fraction of sp³-hybridized carbons (Fsp3) is 0.118. The lowest BCUT2D eigenvalue weighted by Gasteiger charge is -2.10. The third-order valence-corrected chi connectivity index (χ3v) is 3.65. The van der Waals surface area contributed by atoms with Gasteiger partial charge in [0.1, 0.15) is 5.75 Å². The molecule has 0 spiro atoms. The molecule has 2 aromatic carbocycles. The zero-order valence-electron chi connectivity index (χ0n) is 12.9. The highest BCUT2D eigenvalue weighted by Gasteiger charge is 2.14. The molecular weight excluding hydrogens is 310 g/mol. The summed E-state index contributed by atoms with van der Waals surface area (Å²) in [7, 11) is 1.44. The van der Waals surface area contributed by atoms with Gasteiger partial charge in [0.2, 0.25) is 5.91 Å². The lowest BCUT2D eigenvalue weighted by Crippen LogP contribution is -2.15. The van der Waals surface area contributed by atoms with Gasteiger partial charge in [0.05, 0.1) is 24.1 Å². The van der Waals surface area contributed by atoms with Crippen LogP contribution in [0, 0.1) is 10.1 Å². The maximum Gasteiger partial charge on any atom is 0.271 e. The lowest BCUT2D eigenvalue weighted by molar-refractivity contribution is -0.384. The van der Waals surface area contributed by atoms with Crippen LogP contribution in [0.25, 0.3) is 10.9 Å². The number of ether oxygens (including phenoxy) is 1. The number of benzene rings is 2. The van der Waals surface area contributed by atoms with Crippen LogP contribution in [0.1, 0.15) is 5.56 Å². The first-order valence-electron chi connectivity index (χ1n) is 7.25. The Morgan fingerprint density at radius 1 is 1.25 bits per heavy atom. The standard InChI is InChI=1S/C17H15N3O4/c1-24-16-5-4-13(20(22)23)10-15(16)19-17(21)9-11-2-3-12-6-7-18-14(12)8-11/h2-8,10,18H,9H2,1H3,(H,19,21). The Morgan fingerprint density at radius 3 is 2.83 bits per heavy atom. The van der Waals surface area contributed by atoms with Gasteiger partial charge in [-0.2, -0.15) is 0 Å². The number of methoxy groups -OCH3 is 1. The van der Waals surface area contributed by atoms with Crippen molar-refractivity contribution >= 4 is 28.2 Å². The molecular formula is C17H15N3O4. The normalized spacial score (nSPS) is 10.5. The van der Waals surface area contributed by atoms with Gasteiger partial charge in [-0.25, -0.2) is 0 Å². The average molecular weight is 325 g/mol. The minimum Gasteiger partial charge on any atom is -0.495 e. The van der Waals surface area contributed by atoms with Crippen molar-refractivity contribution in [2.24, 2.45) is 0 Å². The van der Waals surface area contributed by atoms with Gasteiger partial charge in [-0.3, -0.25) is 14.9 Å². The molecule has 7 nitrogen and oxygen atoms in total. The Balaban J connectivity index is 1.78. The van der Waals surface area contributed by atoms with Gasteiger partial charge in [0.25, 0.3) is 5.69 Å². The van der Waals surface area contributed by atoms with Crippen molar-refractivity contribution in [1.29, 1.82) is 0 Å². The quantitative estimate of drug-likeness (QED) is 0.555. The summed E-state index contributed by atoms with van der Waals surface area (Å²) in [6.45, 7) is 0. The third kappa shape index (κ3) is 3.19. The summed E-state index contributed by atoms with van der Waals surface area (Å²) in [5.41, 5.74) is 1.96. The van der Waals surface area contributed by atoms with E-state index in [2.05, 4.69) is 10.3 Å². The molecule has 3 rings (SSSR count). The van der Waals surface area contributed by atoms with Gasteiger partial charge in [0.15, 0.2) is 0 Å². The van der Waals surface area contributed by atoms with Gasteiger partial charge in [-0.1, -0.05) is 12.1 Å². The fourth-order valence-electron chi connectivity index (χ4n) is 2.49. The number of anilines is 1. The predicted molar refractivity (Wildman–Crippen MR) is 90.3 cm³/mol.